The predicted molar refractivity (Wildman–Crippen MR) is 517 cm³/mol. The maximum atomic E-state index is 2.28. The van der Waals surface area contributed by atoms with E-state index in [0.29, 0.717) is 0 Å². The Labute approximate surface area is 706 Å². The maximum absolute atomic E-state index is 2.28. The molecular formula is C116H92N4. The van der Waals surface area contributed by atoms with E-state index in [0.717, 1.165) is 0 Å². The molecule has 0 radical (unpaired) electrons. The van der Waals surface area contributed by atoms with Gasteiger partial charge >= 0.3 is 0 Å². The summed E-state index contributed by atoms with van der Waals surface area (Å²) in [5.74, 6) is 0. The van der Waals surface area contributed by atoms with E-state index in [2.05, 4.69) is 527 Å². The number of nitrogens with zero attached hydrogens (tertiary/aromatic N) is 4. The Hall–Kier alpha value is -15.4. The quantitative estimate of drug-likeness (QED) is 0.0956. The molecule has 0 saturated carbocycles. The van der Waals surface area contributed by atoms with Crippen molar-refractivity contribution in [2.24, 2.45) is 0 Å². The predicted octanol–water partition coefficient (Wildman–Crippen LogP) is 31.8. The second-order valence-electron chi connectivity index (χ2n) is 30.2. The van der Waals surface area contributed by atoms with Crippen LogP contribution in [0.3, 0.4) is 0 Å². The van der Waals surface area contributed by atoms with Crippen molar-refractivity contribution in [3.63, 3.8) is 0 Å². The lowest BCUT2D eigenvalue weighted by Gasteiger charge is -2.23. The van der Waals surface area contributed by atoms with Crippen LogP contribution in [0.1, 0.15) is 0 Å². The summed E-state index contributed by atoms with van der Waals surface area (Å²) in [5, 5.41) is 10.2. The molecule has 0 fully saturated rings. The monoisotopic (exact) mass is 1540 g/mol. The van der Waals surface area contributed by atoms with Crippen LogP contribution in [0.25, 0.3) is 132 Å². The average Bonchev–Trinajstić information content (AvgIpc) is 0.795. The molecule has 0 N–H and O–H groups in total. The van der Waals surface area contributed by atoms with Crippen LogP contribution in [0.2, 0.25) is 0 Å². The number of hydrogen-bond donors (Lipinski definition) is 0. The number of anilines is 8. The van der Waals surface area contributed by atoms with Crippen molar-refractivity contribution >= 4 is 88.6 Å². The fourth-order valence-corrected chi connectivity index (χ4v) is 16.1. The molecule has 576 valence electrons. The Bertz CT molecular complexity index is 6820. The molecule has 20 aromatic rings. The first-order valence-corrected chi connectivity index (χ1v) is 41.1. The van der Waals surface area contributed by atoms with Gasteiger partial charge in [-0.25, -0.2) is 0 Å². The van der Waals surface area contributed by atoms with Crippen LogP contribution in [0, 0.1) is 0 Å². The van der Waals surface area contributed by atoms with E-state index in [-0.39, 0.29) is 0 Å². The van der Waals surface area contributed by atoms with Crippen molar-refractivity contribution in [3.8, 4) is 89.0 Å². The van der Waals surface area contributed by atoms with Crippen LogP contribution >= 0.6 is 0 Å². The lowest BCUT2D eigenvalue weighted by molar-refractivity contribution is 1.21. The highest BCUT2D eigenvalue weighted by atomic mass is 15.1. The molecule has 120 heavy (non-hydrogen) atoms. The van der Waals surface area contributed by atoms with E-state index in [1.54, 1.807) is 0 Å². The van der Waals surface area contributed by atoms with E-state index in [4.69, 9.17) is 0 Å². The van der Waals surface area contributed by atoms with E-state index >= 15 is 0 Å². The summed E-state index contributed by atoms with van der Waals surface area (Å²) in [4.78, 5) is 9.00. The number of fused-ring (bicyclic) bond motifs is 4. The third-order valence-corrected chi connectivity index (χ3v) is 22.7. The molecule has 0 unspecified atom stereocenters. The van der Waals surface area contributed by atoms with Crippen LogP contribution < -0.4 is 19.6 Å². The summed E-state index contributed by atoms with van der Waals surface area (Å²) < 4.78 is 0. The Morgan fingerprint density at radius 3 is 0.775 bits per heavy atom. The fraction of sp³-hybridized carbons (Fsp3) is 0.0345. The van der Waals surface area contributed by atoms with Gasteiger partial charge in [-0.1, -0.05) is 388 Å². The van der Waals surface area contributed by atoms with Gasteiger partial charge < -0.3 is 19.6 Å². The third kappa shape index (κ3) is 17.7. The molecule has 0 aliphatic rings. The summed E-state index contributed by atoms with van der Waals surface area (Å²) >= 11 is 0. The van der Waals surface area contributed by atoms with Gasteiger partial charge in [0.15, 0.2) is 0 Å². The highest BCUT2D eigenvalue weighted by Crippen LogP contribution is 2.41. The van der Waals surface area contributed by atoms with E-state index in [1.165, 1.54) is 178 Å². The van der Waals surface area contributed by atoms with Crippen LogP contribution in [0.15, 0.2) is 485 Å². The van der Waals surface area contributed by atoms with Crippen molar-refractivity contribution in [3.05, 3.63) is 485 Å². The second-order valence-corrected chi connectivity index (χ2v) is 30.2. The van der Waals surface area contributed by atoms with Crippen molar-refractivity contribution in [2.45, 2.75) is 0 Å². The molecule has 0 amide bonds. The number of benzene rings is 20. The summed E-state index contributed by atoms with van der Waals surface area (Å²) in [6.45, 7) is 0. The van der Waals surface area contributed by atoms with Crippen molar-refractivity contribution in [2.75, 3.05) is 47.8 Å². The van der Waals surface area contributed by atoms with Gasteiger partial charge in [-0.05, 0) is 224 Å². The molecule has 0 aliphatic carbocycles. The van der Waals surface area contributed by atoms with Crippen LogP contribution in [0.4, 0.5) is 45.5 Å². The van der Waals surface area contributed by atoms with E-state index in [9.17, 15) is 0 Å². The van der Waals surface area contributed by atoms with Gasteiger partial charge in [0.1, 0.15) is 0 Å². The SMILES string of the molecule is CN(c1ccc(-c2ccccc2)cc1)c1cccc(-c2ccc3ccccc3c2)c1.CN(c1ccc(-c2ccccc2)cc1)c1cccc(-c2cccc3ccccc23)c1.CN(c1cccc(-c2cccc3ccccc23)c1)c1ccccc1-c1ccccc1.CN(c1cccc(-c2ccccc2)c1)c1cccc(-c2cccc3ccccc23)c1. The Morgan fingerprint density at radius 1 is 0.125 bits per heavy atom. The molecule has 0 aliphatic heterocycles. The Balaban J connectivity index is 0.000000114. The maximum Gasteiger partial charge on any atom is 0.0487 e. The minimum Gasteiger partial charge on any atom is -0.345 e. The largest absolute Gasteiger partial charge is 0.345 e. The first-order chi connectivity index (χ1) is 59.2. The molecule has 4 nitrogen and oxygen atoms in total. The van der Waals surface area contributed by atoms with Gasteiger partial charge in [-0.15, -0.1) is 0 Å². The third-order valence-electron chi connectivity index (χ3n) is 22.7. The van der Waals surface area contributed by atoms with E-state index < -0.39 is 0 Å². The zero-order valence-corrected chi connectivity index (χ0v) is 68.0. The number of rotatable bonds is 16. The molecule has 0 aromatic heterocycles. The minimum absolute atomic E-state index is 1.17. The fourth-order valence-electron chi connectivity index (χ4n) is 16.1. The molecule has 4 heteroatoms. The summed E-state index contributed by atoms with van der Waals surface area (Å²) in [5.41, 5.74) is 29.2. The Morgan fingerprint density at radius 2 is 0.367 bits per heavy atom. The molecule has 0 saturated heterocycles. The number of hydrogen-bond acceptors (Lipinski definition) is 4. The smallest absolute Gasteiger partial charge is 0.0487 e. The lowest BCUT2D eigenvalue weighted by atomic mass is 9.97. The minimum atomic E-state index is 1.17. The average molecular weight is 1540 g/mol. The summed E-state index contributed by atoms with van der Waals surface area (Å²) in [6, 6.07) is 172. The molecule has 20 aromatic carbocycles. The number of para-hydroxylation sites is 1. The van der Waals surface area contributed by atoms with Gasteiger partial charge in [0, 0.05) is 79.3 Å². The van der Waals surface area contributed by atoms with Gasteiger partial charge in [0.05, 0.1) is 0 Å². The topological polar surface area (TPSA) is 13.0 Å². The molecule has 0 bridgehead atoms. The highest BCUT2D eigenvalue weighted by molar-refractivity contribution is 6.00. The standard InChI is InChI=1S/4C29H23N/c1-30(26-16-7-14-24(20-26)22-10-3-2-4-11-22)27-17-8-15-25(21-27)29-19-9-13-23-12-5-6-18-28(23)29;1-30(26-19-17-23(18-20-26)22-9-3-2-4-10-22)27-14-7-13-25(21-27)29-16-8-12-24-11-5-6-15-28(24)29;1-30(29-20-8-7-18-28(29)23-11-3-2-4-12-23)25-16-9-15-24(21-25)27-19-10-14-22-13-5-6-17-26(22)27;1-30(28-18-16-24(17-19-28)22-8-3-2-4-9-22)29-13-7-12-26(21-29)27-15-14-23-10-5-6-11-25(23)20-27/h4*2-21H,1H3. The van der Waals surface area contributed by atoms with Crippen LogP contribution in [0.5, 0.6) is 0 Å². The van der Waals surface area contributed by atoms with Crippen molar-refractivity contribution in [1.82, 2.24) is 0 Å². The van der Waals surface area contributed by atoms with Gasteiger partial charge in [-0.3, -0.25) is 0 Å². The summed E-state index contributed by atoms with van der Waals surface area (Å²) in [7, 11) is 8.52. The van der Waals surface area contributed by atoms with Crippen LogP contribution in [-0.4, -0.2) is 28.2 Å². The molecule has 0 atom stereocenters. The normalized spacial score (nSPS) is 10.8. The zero-order valence-electron chi connectivity index (χ0n) is 68.0. The summed E-state index contributed by atoms with van der Waals surface area (Å²) in [6.07, 6.45) is 0. The van der Waals surface area contributed by atoms with Crippen molar-refractivity contribution in [1.29, 1.82) is 0 Å². The van der Waals surface area contributed by atoms with Gasteiger partial charge in [-0.2, -0.15) is 0 Å². The molecule has 0 heterocycles. The first-order valence-electron chi connectivity index (χ1n) is 41.1. The lowest BCUT2D eigenvalue weighted by Crippen LogP contribution is -2.10. The Kier molecular flexibility index (Phi) is 23.6. The van der Waals surface area contributed by atoms with E-state index in [1.807, 2.05) is 6.07 Å². The van der Waals surface area contributed by atoms with Gasteiger partial charge in [0.2, 0.25) is 0 Å². The zero-order chi connectivity index (χ0) is 81.4. The highest BCUT2D eigenvalue weighted by Gasteiger charge is 2.16. The van der Waals surface area contributed by atoms with Crippen molar-refractivity contribution < 1.29 is 0 Å². The van der Waals surface area contributed by atoms with Crippen LogP contribution in [-0.2, 0) is 0 Å². The molecule has 20 rings (SSSR count). The second kappa shape index (κ2) is 36.6. The molecular weight excluding hydrogens is 1450 g/mol. The molecule has 0 spiro atoms. The first kappa shape index (κ1) is 77.2. The van der Waals surface area contributed by atoms with Gasteiger partial charge in [0.25, 0.3) is 0 Å².